The molecule has 0 aliphatic heterocycles. The van der Waals surface area contributed by atoms with Crippen molar-refractivity contribution in [2.45, 2.75) is 43.5 Å². The van der Waals surface area contributed by atoms with Crippen LogP contribution in [0.25, 0.3) is 0 Å². The minimum Gasteiger partial charge on any atom is -0.330 e. The van der Waals surface area contributed by atoms with E-state index in [0.717, 1.165) is 25.7 Å². The van der Waals surface area contributed by atoms with Crippen molar-refractivity contribution >= 4 is 22.4 Å². The molecule has 7 heteroatoms. The summed E-state index contributed by atoms with van der Waals surface area (Å²) >= 11 is 0. The molecule has 0 aromatic heterocycles. The molecule has 0 heterocycles. The molecule has 1 aliphatic carbocycles. The standard InChI is InChI=1S/C14H21FN2O2S.ClH/c1-10-6-7-12(15)14(8-10)20(18,19)17-13-5-3-2-4-11(13)9-16;/h6-8,11,13,17H,2-5,9,16H2,1H3;1H. The van der Waals surface area contributed by atoms with Crippen molar-refractivity contribution in [3.63, 3.8) is 0 Å². The number of rotatable bonds is 4. The molecule has 4 nitrogen and oxygen atoms in total. The van der Waals surface area contributed by atoms with Gasteiger partial charge in [0.25, 0.3) is 0 Å². The molecule has 3 N–H and O–H groups in total. The van der Waals surface area contributed by atoms with E-state index in [-0.39, 0.29) is 29.3 Å². The van der Waals surface area contributed by atoms with Crippen LogP contribution in [0.3, 0.4) is 0 Å². The maximum atomic E-state index is 13.8. The van der Waals surface area contributed by atoms with E-state index in [4.69, 9.17) is 5.73 Å². The van der Waals surface area contributed by atoms with Crippen molar-refractivity contribution in [3.05, 3.63) is 29.6 Å². The number of aryl methyl sites for hydroxylation is 1. The third-order valence-corrected chi connectivity index (χ3v) is 5.40. The molecule has 120 valence electrons. The Morgan fingerprint density at radius 1 is 1.33 bits per heavy atom. The molecule has 0 saturated heterocycles. The van der Waals surface area contributed by atoms with Gasteiger partial charge in [-0.1, -0.05) is 18.9 Å². The highest BCUT2D eigenvalue weighted by Gasteiger charge is 2.29. The van der Waals surface area contributed by atoms with E-state index < -0.39 is 15.8 Å². The Balaban J connectivity index is 0.00000220. The minimum atomic E-state index is -3.84. The van der Waals surface area contributed by atoms with E-state index in [0.29, 0.717) is 12.1 Å². The molecule has 1 fully saturated rings. The van der Waals surface area contributed by atoms with Gasteiger partial charge in [-0.2, -0.15) is 0 Å². The van der Waals surface area contributed by atoms with Gasteiger partial charge in [-0.3, -0.25) is 0 Å². The summed E-state index contributed by atoms with van der Waals surface area (Å²) in [7, 11) is -3.84. The Hall–Kier alpha value is -0.690. The first-order valence-corrected chi connectivity index (χ1v) is 8.41. The van der Waals surface area contributed by atoms with Crippen molar-refractivity contribution in [1.29, 1.82) is 0 Å². The van der Waals surface area contributed by atoms with Gasteiger partial charge in [-0.25, -0.2) is 17.5 Å². The van der Waals surface area contributed by atoms with Gasteiger partial charge in [0, 0.05) is 6.04 Å². The Kier molecular flexibility index (Phi) is 6.59. The molecule has 0 spiro atoms. The Morgan fingerprint density at radius 3 is 2.67 bits per heavy atom. The van der Waals surface area contributed by atoms with Gasteiger partial charge in [0.05, 0.1) is 0 Å². The number of benzene rings is 1. The number of nitrogens with two attached hydrogens (primary N) is 1. The van der Waals surface area contributed by atoms with Crippen molar-refractivity contribution in [2.24, 2.45) is 11.7 Å². The first-order valence-electron chi connectivity index (χ1n) is 6.92. The van der Waals surface area contributed by atoms with Crippen LogP contribution < -0.4 is 10.5 Å². The number of hydrogen-bond donors (Lipinski definition) is 2. The van der Waals surface area contributed by atoms with Crippen LogP contribution in [0.15, 0.2) is 23.1 Å². The monoisotopic (exact) mass is 336 g/mol. The second-order valence-corrected chi connectivity index (χ2v) is 7.12. The molecule has 1 aromatic carbocycles. The molecule has 2 rings (SSSR count). The molecule has 0 radical (unpaired) electrons. The van der Waals surface area contributed by atoms with Crippen molar-refractivity contribution in [1.82, 2.24) is 4.72 Å². The average Bonchev–Trinajstić information content (AvgIpc) is 2.41. The summed E-state index contributed by atoms with van der Waals surface area (Å²) in [5.74, 6) is -0.588. The van der Waals surface area contributed by atoms with Gasteiger partial charge in [0.1, 0.15) is 10.7 Å². The minimum absolute atomic E-state index is 0. The van der Waals surface area contributed by atoms with Gasteiger partial charge < -0.3 is 5.73 Å². The van der Waals surface area contributed by atoms with E-state index in [2.05, 4.69) is 4.72 Å². The normalized spacial score (nSPS) is 22.6. The SMILES string of the molecule is Cc1ccc(F)c(S(=O)(=O)NC2CCCCC2CN)c1.Cl. The summed E-state index contributed by atoms with van der Waals surface area (Å²) in [5, 5.41) is 0. The van der Waals surface area contributed by atoms with E-state index in [1.54, 1.807) is 13.0 Å². The second kappa shape index (κ2) is 7.54. The predicted molar refractivity (Wildman–Crippen MR) is 83.5 cm³/mol. The van der Waals surface area contributed by atoms with E-state index in [1.165, 1.54) is 12.1 Å². The van der Waals surface area contributed by atoms with E-state index in [1.807, 2.05) is 0 Å². The molecule has 1 saturated carbocycles. The number of sulfonamides is 1. The highest BCUT2D eigenvalue weighted by molar-refractivity contribution is 7.89. The molecular weight excluding hydrogens is 315 g/mol. The van der Waals surface area contributed by atoms with Crippen molar-refractivity contribution < 1.29 is 12.8 Å². The summed E-state index contributed by atoms with van der Waals surface area (Å²) in [4.78, 5) is -0.279. The van der Waals surface area contributed by atoms with Crippen molar-refractivity contribution in [2.75, 3.05) is 6.54 Å². The first kappa shape index (κ1) is 18.4. The third-order valence-electron chi connectivity index (χ3n) is 3.89. The highest BCUT2D eigenvalue weighted by atomic mass is 35.5. The summed E-state index contributed by atoms with van der Waals surface area (Å²) in [5.41, 5.74) is 6.41. The molecule has 1 aromatic rings. The zero-order chi connectivity index (χ0) is 14.8. The average molecular weight is 337 g/mol. The fourth-order valence-corrected chi connectivity index (χ4v) is 4.23. The number of halogens is 2. The first-order chi connectivity index (χ1) is 9.44. The van der Waals surface area contributed by atoms with Crippen LogP contribution in [-0.4, -0.2) is 21.0 Å². The lowest BCUT2D eigenvalue weighted by molar-refractivity contribution is 0.296. The maximum Gasteiger partial charge on any atom is 0.243 e. The molecule has 1 aliphatic rings. The summed E-state index contributed by atoms with van der Waals surface area (Å²) in [6, 6.07) is 3.90. The van der Waals surface area contributed by atoms with Gasteiger partial charge in [-0.15, -0.1) is 12.4 Å². The number of hydrogen-bond acceptors (Lipinski definition) is 3. The van der Waals surface area contributed by atoms with Crippen LogP contribution in [0.5, 0.6) is 0 Å². The van der Waals surface area contributed by atoms with E-state index in [9.17, 15) is 12.8 Å². The zero-order valence-corrected chi connectivity index (χ0v) is 13.6. The van der Waals surface area contributed by atoms with Crippen LogP contribution in [-0.2, 0) is 10.0 Å². The van der Waals surface area contributed by atoms with Gasteiger partial charge in [0.15, 0.2) is 0 Å². The van der Waals surface area contributed by atoms with Crippen LogP contribution in [0.1, 0.15) is 31.2 Å². The van der Waals surface area contributed by atoms with Crippen LogP contribution in [0, 0.1) is 18.7 Å². The number of nitrogens with one attached hydrogen (secondary N) is 1. The molecule has 0 bridgehead atoms. The van der Waals surface area contributed by atoms with Gasteiger partial charge >= 0.3 is 0 Å². The predicted octanol–water partition coefficient (Wildman–Crippen LogP) is 2.35. The topological polar surface area (TPSA) is 72.2 Å². The lowest BCUT2D eigenvalue weighted by atomic mass is 9.85. The van der Waals surface area contributed by atoms with Gasteiger partial charge in [0.2, 0.25) is 10.0 Å². The third kappa shape index (κ3) is 4.39. The molecular formula is C14H22ClFN2O2S. The van der Waals surface area contributed by atoms with Gasteiger partial charge in [-0.05, 0) is 49.9 Å². The lowest BCUT2D eigenvalue weighted by Crippen LogP contribution is -2.44. The molecule has 21 heavy (non-hydrogen) atoms. The summed E-state index contributed by atoms with van der Waals surface area (Å²) < 4.78 is 41.1. The fourth-order valence-electron chi connectivity index (χ4n) is 2.72. The van der Waals surface area contributed by atoms with Crippen LogP contribution >= 0.6 is 12.4 Å². The summed E-state index contributed by atoms with van der Waals surface area (Å²) in [6.45, 7) is 2.19. The highest BCUT2D eigenvalue weighted by Crippen LogP contribution is 2.26. The summed E-state index contributed by atoms with van der Waals surface area (Å²) in [6.07, 6.45) is 3.72. The van der Waals surface area contributed by atoms with Crippen molar-refractivity contribution in [3.8, 4) is 0 Å². The molecule has 2 atom stereocenters. The van der Waals surface area contributed by atoms with Crippen LogP contribution in [0.4, 0.5) is 4.39 Å². The van der Waals surface area contributed by atoms with E-state index >= 15 is 0 Å². The molecule has 2 unspecified atom stereocenters. The van der Waals surface area contributed by atoms with Crippen LogP contribution in [0.2, 0.25) is 0 Å². The zero-order valence-electron chi connectivity index (χ0n) is 12.0. The Morgan fingerprint density at radius 2 is 2.00 bits per heavy atom. The largest absolute Gasteiger partial charge is 0.330 e. The quantitative estimate of drug-likeness (QED) is 0.886. The Bertz CT molecular complexity index is 580. The fraction of sp³-hybridized carbons (Fsp3) is 0.571. The lowest BCUT2D eigenvalue weighted by Gasteiger charge is -2.31. The molecule has 0 amide bonds. The maximum absolute atomic E-state index is 13.8. The smallest absolute Gasteiger partial charge is 0.243 e. The Labute approximate surface area is 131 Å². The second-order valence-electron chi connectivity index (χ2n) is 5.44.